The Balaban J connectivity index is 1.84. The van der Waals surface area contributed by atoms with E-state index in [-0.39, 0.29) is 0 Å². The Bertz CT molecular complexity index is 459. The van der Waals surface area contributed by atoms with Crippen LogP contribution < -0.4 is 5.73 Å². The van der Waals surface area contributed by atoms with Crippen LogP contribution in [0.25, 0.3) is 0 Å². The Morgan fingerprint density at radius 2 is 2.11 bits per heavy atom. The number of nitriles is 1. The van der Waals surface area contributed by atoms with Crippen molar-refractivity contribution in [3.63, 3.8) is 0 Å². The van der Waals surface area contributed by atoms with Gasteiger partial charge in [-0.2, -0.15) is 5.26 Å². The summed E-state index contributed by atoms with van der Waals surface area (Å²) in [5.74, 6) is 0. The number of hydrogen-bond acceptors (Lipinski definition) is 4. The van der Waals surface area contributed by atoms with Crippen molar-refractivity contribution in [2.75, 3.05) is 18.8 Å². The molecule has 2 heterocycles. The molecule has 3 nitrogen and oxygen atoms in total. The van der Waals surface area contributed by atoms with Gasteiger partial charge in [0.25, 0.3) is 0 Å². The van der Waals surface area contributed by atoms with E-state index in [2.05, 4.69) is 17.9 Å². The lowest BCUT2D eigenvalue weighted by molar-refractivity contribution is 0.251. The molecule has 1 aliphatic rings. The Morgan fingerprint density at radius 1 is 1.32 bits per heavy atom. The molecule has 0 saturated carbocycles. The van der Waals surface area contributed by atoms with E-state index < -0.39 is 0 Å². The zero-order valence-corrected chi connectivity index (χ0v) is 12.6. The van der Waals surface area contributed by atoms with Gasteiger partial charge < -0.3 is 5.73 Å². The second-order valence-electron chi connectivity index (χ2n) is 5.30. The van der Waals surface area contributed by atoms with Crippen molar-refractivity contribution in [2.24, 2.45) is 0 Å². The molecule has 0 saturated heterocycles. The predicted octanol–water partition coefficient (Wildman–Crippen LogP) is 3.53. The van der Waals surface area contributed by atoms with Gasteiger partial charge in [0.1, 0.15) is 11.1 Å². The molecule has 1 aromatic heterocycles. The first-order chi connectivity index (χ1) is 9.26. The second kappa shape index (κ2) is 6.93. The standard InChI is InChI=1S/C15H23N3S/c1-2-3-4-5-6-8-18-9-7-12-13(10-16)15(17)19-14(12)11-18/h2-9,11,17H2,1H3. The first-order valence-electron chi connectivity index (χ1n) is 7.28. The highest BCUT2D eigenvalue weighted by atomic mass is 32.1. The number of fused-ring (bicyclic) bond motifs is 1. The molecular formula is C15H23N3S. The number of nitrogens with zero attached hydrogens (tertiary/aromatic N) is 2. The van der Waals surface area contributed by atoms with Crippen molar-refractivity contribution in [2.45, 2.75) is 52.0 Å². The third-order valence-electron chi connectivity index (χ3n) is 3.85. The molecule has 0 aliphatic carbocycles. The van der Waals surface area contributed by atoms with Gasteiger partial charge in [-0.05, 0) is 24.9 Å². The van der Waals surface area contributed by atoms with E-state index in [4.69, 9.17) is 11.0 Å². The number of nitrogen functional groups attached to an aromatic ring is 1. The van der Waals surface area contributed by atoms with Crippen LogP contribution in [0.5, 0.6) is 0 Å². The van der Waals surface area contributed by atoms with Gasteiger partial charge in [-0.1, -0.05) is 32.6 Å². The molecule has 2 rings (SSSR count). The third kappa shape index (κ3) is 3.49. The fraction of sp³-hybridized carbons (Fsp3) is 0.667. The summed E-state index contributed by atoms with van der Waals surface area (Å²) in [5, 5.41) is 9.82. The topological polar surface area (TPSA) is 53.0 Å². The molecule has 1 aromatic rings. The van der Waals surface area contributed by atoms with Gasteiger partial charge in [0.2, 0.25) is 0 Å². The van der Waals surface area contributed by atoms with Gasteiger partial charge in [0.15, 0.2) is 0 Å². The molecule has 0 fully saturated rings. The molecular weight excluding hydrogens is 254 g/mol. The lowest BCUT2D eigenvalue weighted by Gasteiger charge is -2.26. The number of rotatable bonds is 6. The summed E-state index contributed by atoms with van der Waals surface area (Å²) in [5.41, 5.74) is 7.86. The maximum absolute atomic E-state index is 9.12. The van der Waals surface area contributed by atoms with E-state index in [9.17, 15) is 0 Å². The lowest BCUT2D eigenvalue weighted by atomic mass is 10.0. The van der Waals surface area contributed by atoms with Gasteiger partial charge in [0, 0.05) is 18.0 Å². The normalized spacial score (nSPS) is 15.2. The SMILES string of the molecule is CCCCCCCN1CCc2c(sc(N)c2C#N)C1. The minimum absolute atomic E-state index is 0.706. The van der Waals surface area contributed by atoms with Crippen LogP contribution in [0.4, 0.5) is 5.00 Å². The monoisotopic (exact) mass is 277 g/mol. The molecule has 0 aromatic carbocycles. The highest BCUT2D eigenvalue weighted by molar-refractivity contribution is 7.16. The fourth-order valence-electron chi connectivity index (χ4n) is 2.73. The Hall–Kier alpha value is -1.05. The van der Waals surface area contributed by atoms with Crippen molar-refractivity contribution in [1.29, 1.82) is 5.26 Å². The summed E-state index contributed by atoms with van der Waals surface area (Å²) in [4.78, 5) is 3.82. The summed E-state index contributed by atoms with van der Waals surface area (Å²) in [6, 6.07) is 2.25. The minimum atomic E-state index is 0.706. The Kier molecular flexibility index (Phi) is 5.24. The minimum Gasteiger partial charge on any atom is -0.389 e. The Morgan fingerprint density at radius 3 is 2.84 bits per heavy atom. The molecule has 0 unspecified atom stereocenters. The summed E-state index contributed by atoms with van der Waals surface area (Å²) in [6.45, 7) is 5.49. The molecule has 0 spiro atoms. The van der Waals surface area contributed by atoms with E-state index in [1.165, 1.54) is 49.1 Å². The number of anilines is 1. The summed E-state index contributed by atoms with van der Waals surface area (Å²) >= 11 is 1.61. The van der Waals surface area contributed by atoms with Gasteiger partial charge in [-0.25, -0.2) is 0 Å². The van der Waals surface area contributed by atoms with E-state index in [0.717, 1.165) is 25.1 Å². The summed E-state index contributed by atoms with van der Waals surface area (Å²) in [6.07, 6.45) is 7.64. The van der Waals surface area contributed by atoms with E-state index in [1.54, 1.807) is 11.3 Å². The van der Waals surface area contributed by atoms with Crippen molar-refractivity contribution >= 4 is 16.3 Å². The van der Waals surface area contributed by atoms with Crippen molar-refractivity contribution in [1.82, 2.24) is 4.90 Å². The molecule has 104 valence electrons. The number of thiophene rings is 1. The average molecular weight is 277 g/mol. The maximum Gasteiger partial charge on any atom is 0.104 e. The summed E-state index contributed by atoms with van der Waals surface area (Å²) < 4.78 is 0. The molecule has 1 aliphatic heterocycles. The van der Waals surface area contributed by atoms with Crippen molar-refractivity contribution < 1.29 is 0 Å². The zero-order valence-electron chi connectivity index (χ0n) is 11.7. The molecule has 0 radical (unpaired) electrons. The highest BCUT2D eigenvalue weighted by Gasteiger charge is 2.22. The molecule has 19 heavy (non-hydrogen) atoms. The smallest absolute Gasteiger partial charge is 0.104 e. The van der Waals surface area contributed by atoms with Crippen LogP contribution in [0.3, 0.4) is 0 Å². The van der Waals surface area contributed by atoms with E-state index in [1.807, 2.05) is 0 Å². The lowest BCUT2D eigenvalue weighted by Crippen LogP contribution is -2.30. The van der Waals surface area contributed by atoms with Crippen LogP contribution in [0, 0.1) is 11.3 Å². The van der Waals surface area contributed by atoms with Crippen LogP contribution >= 0.6 is 11.3 Å². The highest BCUT2D eigenvalue weighted by Crippen LogP contribution is 2.34. The van der Waals surface area contributed by atoms with Gasteiger partial charge in [0.05, 0.1) is 5.56 Å². The van der Waals surface area contributed by atoms with Crippen LogP contribution in [0.15, 0.2) is 0 Å². The van der Waals surface area contributed by atoms with Crippen LogP contribution in [0.2, 0.25) is 0 Å². The fourth-order valence-corrected chi connectivity index (χ4v) is 3.84. The predicted molar refractivity (Wildman–Crippen MR) is 81.2 cm³/mol. The summed E-state index contributed by atoms with van der Waals surface area (Å²) in [7, 11) is 0. The molecule has 0 bridgehead atoms. The number of nitrogens with two attached hydrogens (primary N) is 1. The second-order valence-corrected chi connectivity index (χ2v) is 6.43. The quantitative estimate of drug-likeness (QED) is 0.809. The first-order valence-corrected chi connectivity index (χ1v) is 8.10. The molecule has 0 amide bonds. The third-order valence-corrected chi connectivity index (χ3v) is 4.90. The Labute approximate surface area is 120 Å². The molecule has 2 N–H and O–H groups in total. The van der Waals surface area contributed by atoms with Gasteiger partial charge in [-0.3, -0.25) is 4.90 Å². The van der Waals surface area contributed by atoms with E-state index in [0.29, 0.717) is 5.00 Å². The number of hydrogen-bond donors (Lipinski definition) is 1. The van der Waals surface area contributed by atoms with E-state index >= 15 is 0 Å². The first kappa shape index (κ1) is 14.4. The molecule has 0 atom stereocenters. The maximum atomic E-state index is 9.12. The van der Waals surface area contributed by atoms with Crippen molar-refractivity contribution in [3.8, 4) is 6.07 Å². The van der Waals surface area contributed by atoms with Gasteiger partial charge in [-0.15, -0.1) is 11.3 Å². The van der Waals surface area contributed by atoms with Crippen molar-refractivity contribution in [3.05, 3.63) is 16.0 Å². The number of unbranched alkanes of at least 4 members (excludes halogenated alkanes) is 4. The zero-order chi connectivity index (χ0) is 13.7. The van der Waals surface area contributed by atoms with Crippen LogP contribution in [0.1, 0.15) is 55.0 Å². The van der Waals surface area contributed by atoms with Crippen LogP contribution in [-0.2, 0) is 13.0 Å². The largest absolute Gasteiger partial charge is 0.389 e. The molecule has 4 heteroatoms. The average Bonchev–Trinajstić information content (AvgIpc) is 2.73. The van der Waals surface area contributed by atoms with Gasteiger partial charge >= 0.3 is 0 Å². The van der Waals surface area contributed by atoms with Crippen LogP contribution in [-0.4, -0.2) is 18.0 Å².